The van der Waals surface area contributed by atoms with Gasteiger partial charge in [-0.25, -0.2) is 0 Å². The molecule has 68 heavy (non-hydrogen) atoms. The van der Waals surface area contributed by atoms with E-state index in [1.807, 2.05) is 6.08 Å². The molecule has 9 heteroatoms. The molecule has 7 unspecified atom stereocenters. The molecular formula is C59H109NO8. The first-order chi connectivity index (χ1) is 33.3. The van der Waals surface area contributed by atoms with Gasteiger partial charge in [0.25, 0.3) is 0 Å². The third kappa shape index (κ3) is 37.9. The number of hydrogen-bond donors (Lipinski definition) is 6. The highest BCUT2D eigenvalue weighted by Crippen LogP contribution is 2.23. The van der Waals surface area contributed by atoms with E-state index in [4.69, 9.17) is 9.47 Å². The average molecular weight is 961 g/mol. The van der Waals surface area contributed by atoms with Crippen LogP contribution in [0.1, 0.15) is 264 Å². The molecule has 0 aromatic carbocycles. The lowest BCUT2D eigenvalue weighted by Crippen LogP contribution is -2.60. The summed E-state index contributed by atoms with van der Waals surface area (Å²) >= 11 is 0. The lowest BCUT2D eigenvalue weighted by molar-refractivity contribution is -0.302. The number of unbranched alkanes of at least 4 members (excludes halogenated alkanes) is 33. The van der Waals surface area contributed by atoms with Crippen molar-refractivity contribution >= 4 is 5.91 Å². The van der Waals surface area contributed by atoms with Crippen LogP contribution in [0, 0.1) is 0 Å². The monoisotopic (exact) mass is 960 g/mol. The van der Waals surface area contributed by atoms with Gasteiger partial charge in [-0.3, -0.25) is 4.79 Å². The van der Waals surface area contributed by atoms with Crippen LogP contribution in [0.15, 0.2) is 48.6 Å². The second kappa shape index (κ2) is 48.8. The molecule has 0 saturated carbocycles. The van der Waals surface area contributed by atoms with Crippen LogP contribution in [0.4, 0.5) is 0 Å². The number of ether oxygens (including phenoxy) is 2. The third-order valence-corrected chi connectivity index (χ3v) is 13.6. The van der Waals surface area contributed by atoms with Crippen molar-refractivity contribution in [2.75, 3.05) is 13.2 Å². The molecule has 0 aromatic rings. The van der Waals surface area contributed by atoms with E-state index in [0.717, 1.165) is 57.8 Å². The van der Waals surface area contributed by atoms with Crippen molar-refractivity contribution in [2.45, 2.75) is 307 Å². The van der Waals surface area contributed by atoms with Gasteiger partial charge in [0.15, 0.2) is 6.29 Å². The van der Waals surface area contributed by atoms with Crippen LogP contribution in [-0.2, 0) is 14.3 Å². The predicted molar refractivity (Wildman–Crippen MR) is 286 cm³/mol. The van der Waals surface area contributed by atoms with Gasteiger partial charge in [-0.05, 0) is 70.6 Å². The Kier molecular flexibility index (Phi) is 46.0. The Hall–Kier alpha value is -1.85. The van der Waals surface area contributed by atoms with Gasteiger partial charge in [-0.15, -0.1) is 0 Å². The molecule has 0 bridgehead atoms. The maximum atomic E-state index is 13.0. The number of amides is 1. The Morgan fingerprint density at radius 3 is 1.24 bits per heavy atom. The van der Waals surface area contributed by atoms with Gasteiger partial charge in [0.05, 0.1) is 25.4 Å². The van der Waals surface area contributed by atoms with Crippen LogP contribution >= 0.6 is 0 Å². The van der Waals surface area contributed by atoms with Crippen LogP contribution in [0.25, 0.3) is 0 Å². The fourth-order valence-electron chi connectivity index (χ4n) is 9.01. The fourth-order valence-corrected chi connectivity index (χ4v) is 9.01. The molecule has 0 aromatic heterocycles. The summed E-state index contributed by atoms with van der Waals surface area (Å²) in [7, 11) is 0. The Bertz CT molecular complexity index is 1210. The topological polar surface area (TPSA) is 149 Å². The van der Waals surface area contributed by atoms with E-state index in [1.165, 1.54) is 186 Å². The number of aliphatic hydroxyl groups excluding tert-OH is 5. The normalized spacial score (nSPS) is 19.9. The highest BCUT2D eigenvalue weighted by atomic mass is 16.7. The molecule has 1 rings (SSSR count). The molecule has 9 nitrogen and oxygen atoms in total. The van der Waals surface area contributed by atoms with Gasteiger partial charge in [-0.2, -0.15) is 0 Å². The zero-order valence-corrected chi connectivity index (χ0v) is 44.1. The molecule has 6 N–H and O–H groups in total. The van der Waals surface area contributed by atoms with Crippen molar-refractivity contribution < 1.29 is 39.8 Å². The molecule has 1 aliphatic rings. The molecule has 1 aliphatic heterocycles. The quantitative estimate of drug-likeness (QED) is 0.0261. The lowest BCUT2D eigenvalue weighted by atomic mass is 9.99. The van der Waals surface area contributed by atoms with Crippen molar-refractivity contribution in [3.8, 4) is 0 Å². The number of carbonyl (C=O) groups is 1. The van der Waals surface area contributed by atoms with Crippen molar-refractivity contribution in [3.63, 3.8) is 0 Å². The van der Waals surface area contributed by atoms with Gasteiger partial charge in [0, 0.05) is 6.42 Å². The van der Waals surface area contributed by atoms with Crippen molar-refractivity contribution in [1.82, 2.24) is 5.32 Å². The molecule has 1 heterocycles. The Balaban J connectivity index is 2.28. The minimum absolute atomic E-state index is 0.194. The summed E-state index contributed by atoms with van der Waals surface area (Å²) in [6.45, 7) is 3.78. The standard InChI is InChI=1S/C59H109NO8/c1-3-5-7-9-11-13-15-17-19-21-23-25-26-27-28-29-30-32-34-36-38-40-42-44-46-48-53(62)52(51-67-59-58(66)57(65)56(64)54(50-61)68-59)60-55(63)49-47-45-43-41-39-37-35-33-31-24-22-20-18-16-14-12-10-8-6-4-2/h24,30-32,38,40,46,48,52-54,56-59,61-62,64-66H,3-23,25-29,33-37,39,41-45,47,49-51H2,1-2H3,(H,60,63)/b31-24-,32-30+,40-38+,48-46+. The number of carbonyl (C=O) groups excluding carboxylic acids is 1. The van der Waals surface area contributed by atoms with Crippen LogP contribution in [-0.4, -0.2) is 87.5 Å². The molecule has 1 saturated heterocycles. The van der Waals surface area contributed by atoms with Gasteiger partial charge >= 0.3 is 0 Å². The van der Waals surface area contributed by atoms with Crippen LogP contribution in [0.2, 0.25) is 0 Å². The fraction of sp³-hybridized carbons (Fsp3) is 0.847. The van der Waals surface area contributed by atoms with E-state index in [2.05, 4.69) is 55.6 Å². The SMILES string of the molecule is CCCCCCCCCCC/C=C\CCCCCCCCCC(=O)NC(COC1OC(CO)C(O)C(O)C1O)C(O)/C=C/CC/C=C/CC/C=C/CCCCCCCCCCCCCCCCC. The highest BCUT2D eigenvalue weighted by molar-refractivity contribution is 5.76. The first-order valence-corrected chi connectivity index (χ1v) is 28.9. The lowest BCUT2D eigenvalue weighted by Gasteiger charge is -2.40. The summed E-state index contributed by atoms with van der Waals surface area (Å²) in [5.74, 6) is -0.194. The van der Waals surface area contributed by atoms with Gasteiger partial charge in [-0.1, -0.05) is 236 Å². The van der Waals surface area contributed by atoms with Gasteiger partial charge < -0.3 is 40.3 Å². The predicted octanol–water partition coefficient (Wildman–Crippen LogP) is 14.1. The van der Waals surface area contributed by atoms with Crippen LogP contribution in [0.5, 0.6) is 0 Å². The summed E-state index contributed by atoms with van der Waals surface area (Å²) in [6.07, 6.45) is 57.5. The van der Waals surface area contributed by atoms with Crippen LogP contribution < -0.4 is 5.32 Å². The number of hydrogen-bond acceptors (Lipinski definition) is 8. The molecule has 0 spiro atoms. The zero-order chi connectivity index (χ0) is 49.4. The molecular weight excluding hydrogens is 851 g/mol. The summed E-state index contributed by atoms with van der Waals surface area (Å²) in [4.78, 5) is 13.0. The van der Waals surface area contributed by atoms with E-state index in [9.17, 15) is 30.3 Å². The maximum Gasteiger partial charge on any atom is 0.220 e. The number of allylic oxidation sites excluding steroid dienone is 7. The van der Waals surface area contributed by atoms with E-state index >= 15 is 0 Å². The van der Waals surface area contributed by atoms with Crippen molar-refractivity contribution in [3.05, 3.63) is 48.6 Å². The molecule has 0 radical (unpaired) electrons. The summed E-state index contributed by atoms with van der Waals surface area (Å²) in [5, 5.41) is 54.5. The number of aliphatic hydroxyl groups is 5. The molecule has 7 atom stereocenters. The Morgan fingerprint density at radius 1 is 0.485 bits per heavy atom. The highest BCUT2D eigenvalue weighted by Gasteiger charge is 2.44. The molecule has 1 amide bonds. The van der Waals surface area contributed by atoms with Crippen LogP contribution in [0.3, 0.4) is 0 Å². The molecule has 398 valence electrons. The van der Waals surface area contributed by atoms with Gasteiger partial charge in [0.2, 0.25) is 5.91 Å². The summed E-state index contributed by atoms with van der Waals surface area (Å²) < 4.78 is 11.2. The van der Waals surface area contributed by atoms with Gasteiger partial charge in [0.1, 0.15) is 24.4 Å². The van der Waals surface area contributed by atoms with Crippen molar-refractivity contribution in [2.24, 2.45) is 0 Å². The Labute approximate surface area is 418 Å². The second-order valence-corrected chi connectivity index (χ2v) is 20.1. The van der Waals surface area contributed by atoms with Crippen molar-refractivity contribution in [1.29, 1.82) is 0 Å². The maximum absolute atomic E-state index is 13.0. The average Bonchev–Trinajstić information content (AvgIpc) is 3.34. The minimum atomic E-state index is -1.58. The summed E-state index contributed by atoms with van der Waals surface area (Å²) in [5.41, 5.74) is 0. The zero-order valence-electron chi connectivity index (χ0n) is 44.1. The Morgan fingerprint density at radius 2 is 0.838 bits per heavy atom. The number of nitrogens with one attached hydrogen (secondary N) is 1. The molecule has 1 fully saturated rings. The second-order valence-electron chi connectivity index (χ2n) is 20.1. The molecule has 0 aliphatic carbocycles. The summed E-state index contributed by atoms with van der Waals surface area (Å²) in [6, 6.07) is -0.832. The third-order valence-electron chi connectivity index (χ3n) is 13.6. The van der Waals surface area contributed by atoms with E-state index in [-0.39, 0.29) is 12.5 Å². The van der Waals surface area contributed by atoms with E-state index in [1.54, 1.807) is 6.08 Å². The number of rotatable bonds is 49. The first kappa shape index (κ1) is 64.2. The minimum Gasteiger partial charge on any atom is -0.394 e. The van der Waals surface area contributed by atoms with E-state index < -0.39 is 49.5 Å². The first-order valence-electron chi connectivity index (χ1n) is 28.9. The smallest absolute Gasteiger partial charge is 0.220 e. The largest absolute Gasteiger partial charge is 0.394 e. The van der Waals surface area contributed by atoms with E-state index in [0.29, 0.717) is 6.42 Å².